The highest BCUT2D eigenvalue weighted by Gasteiger charge is 2.10. The number of halogens is 2. The third kappa shape index (κ3) is 5.16. The van der Waals surface area contributed by atoms with Crippen LogP contribution in [-0.4, -0.2) is 11.8 Å². The van der Waals surface area contributed by atoms with Crippen LogP contribution in [0.15, 0.2) is 46.9 Å². The minimum Gasteiger partial charge on any atom is -0.348 e. The fourth-order valence-electron chi connectivity index (χ4n) is 2.01. The van der Waals surface area contributed by atoms with Crippen molar-refractivity contribution in [1.82, 2.24) is 5.32 Å². The van der Waals surface area contributed by atoms with Gasteiger partial charge in [0.1, 0.15) is 5.82 Å². The summed E-state index contributed by atoms with van der Waals surface area (Å²) in [5, 5.41) is 5.54. The van der Waals surface area contributed by atoms with Gasteiger partial charge in [0.15, 0.2) is 0 Å². The second-order valence-electron chi connectivity index (χ2n) is 5.69. The van der Waals surface area contributed by atoms with Crippen LogP contribution >= 0.6 is 15.9 Å². The topological polar surface area (TPSA) is 58.2 Å². The molecule has 0 aliphatic heterocycles. The first kappa shape index (κ1) is 18.1. The van der Waals surface area contributed by atoms with Crippen LogP contribution < -0.4 is 10.6 Å². The molecule has 0 saturated carbocycles. The lowest BCUT2D eigenvalue weighted by Crippen LogP contribution is -2.23. The first-order valence-electron chi connectivity index (χ1n) is 7.49. The Balaban J connectivity index is 2.01. The lowest BCUT2D eigenvalue weighted by Gasteiger charge is -2.10. The van der Waals surface area contributed by atoms with Gasteiger partial charge in [-0.3, -0.25) is 9.59 Å². The predicted molar refractivity (Wildman–Crippen MR) is 95.2 cm³/mol. The number of carbonyl (C=O) groups is 2. The number of amides is 2. The number of nitrogens with one attached hydrogen (secondary N) is 2. The van der Waals surface area contributed by atoms with Crippen molar-refractivity contribution in [3.05, 3.63) is 63.9 Å². The maximum absolute atomic E-state index is 13.3. The molecule has 0 radical (unpaired) electrons. The Morgan fingerprint density at radius 2 is 1.92 bits per heavy atom. The molecule has 126 valence electrons. The summed E-state index contributed by atoms with van der Waals surface area (Å²) in [4.78, 5) is 23.8. The maximum Gasteiger partial charge on any atom is 0.251 e. The Labute approximate surface area is 148 Å². The van der Waals surface area contributed by atoms with E-state index >= 15 is 0 Å². The van der Waals surface area contributed by atoms with Crippen LogP contribution in [0.25, 0.3) is 0 Å². The summed E-state index contributed by atoms with van der Waals surface area (Å²) < 4.78 is 13.8. The van der Waals surface area contributed by atoms with Crippen molar-refractivity contribution < 1.29 is 14.0 Å². The average Bonchev–Trinajstić information content (AvgIpc) is 2.52. The van der Waals surface area contributed by atoms with Gasteiger partial charge in [-0.25, -0.2) is 4.39 Å². The van der Waals surface area contributed by atoms with E-state index in [4.69, 9.17) is 0 Å². The van der Waals surface area contributed by atoms with Gasteiger partial charge in [-0.2, -0.15) is 0 Å². The third-order valence-electron chi connectivity index (χ3n) is 3.30. The third-order valence-corrected chi connectivity index (χ3v) is 3.75. The quantitative estimate of drug-likeness (QED) is 0.803. The van der Waals surface area contributed by atoms with Crippen LogP contribution in [0.2, 0.25) is 0 Å². The highest BCUT2D eigenvalue weighted by Crippen LogP contribution is 2.15. The molecule has 24 heavy (non-hydrogen) atoms. The predicted octanol–water partition coefficient (Wildman–Crippen LogP) is 4.11. The number of anilines is 1. The first-order chi connectivity index (χ1) is 11.3. The molecule has 2 aromatic carbocycles. The zero-order chi connectivity index (χ0) is 17.7. The second kappa shape index (κ2) is 8.06. The monoisotopic (exact) mass is 392 g/mol. The Kier molecular flexibility index (Phi) is 6.09. The molecule has 2 rings (SSSR count). The molecule has 0 heterocycles. The Hall–Kier alpha value is -2.21. The van der Waals surface area contributed by atoms with Crippen molar-refractivity contribution in [2.24, 2.45) is 5.92 Å². The van der Waals surface area contributed by atoms with Gasteiger partial charge in [0.2, 0.25) is 5.91 Å². The summed E-state index contributed by atoms with van der Waals surface area (Å²) in [6.45, 7) is 3.91. The minimum absolute atomic E-state index is 0.0687. The van der Waals surface area contributed by atoms with E-state index in [1.165, 1.54) is 12.1 Å². The van der Waals surface area contributed by atoms with Gasteiger partial charge in [-0.15, -0.1) is 0 Å². The summed E-state index contributed by atoms with van der Waals surface area (Å²) in [6.07, 6.45) is 0. The van der Waals surface area contributed by atoms with Crippen LogP contribution in [-0.2, 0) is 11.3 Å². The zero-order valence-electron chi connectivity index (χ0n) is 13.4. The van der Waals surface area contributed by atoms with Crippen molar-refractivity contribution in [3.8, 4) is 0 Å². The summed E-state index contributed by atoms with van der Waals surface area (Å²) in [7, 11) is 0. The van der Waals surface area contributed by atoms with E-state index in [9.17, 15) is 14.0 Å². The van der Waals surface area contributed by atoms with Crippen molar-refractivity contribution in [2.75, 3.05) is 5.32 Å². The molecule has 0 saturated heterocycles. The van der Waals surface area contributed by atoms with Crippen molar-refractivity contribution >= 4 is 33.4 Å². The molecule has 0 atom stereocenters. The molecular formula is C18H18BrFN2O2. The molecular weight excluding hydrogens is 375 g/mol. The molecule has 0 bridgehead atoms. The van der Waals surface area contributed by atoms with Gasteiger partial charge >= 0.3 is 0 Å². The summed E-state index contributed by atoms with van der Waals surface area (Å²) >= 11 is 3.16. The normalized spacial score (nSPS) is 10.5. The molecule has 0 spiro atoms. The smallest absolute Gasteiger partial charge is 0.251 e. The van der Waals surface area contributed by atoms with E-state index in [1.54, 1.807) is 24.3 Å². The average molecular weight is 393 g/mol. The van der Waals surface area contributed by atoms with Crippen LogP contribution in [0, 0.1) is 11.7 Å². The van der Waals surface area contributed by atoms with Crippen molar-refractivity contribution in [1.29, 1.82) is 0 Å². The van der Waals surface area contributed by atoms with Crippen LogP contribution in [0.4, 0.5) is 10.1 Å². The number of hydrogen-bond acceptors (Lipinski definition) is 2. The molecule has 2 amide bonds. The molecule has 4 nitrogen and oxygen atoms in total. The van der Waals surface area contributed by atoms with Gasteiger partial charge in [0, 0.05) is 28.2 Å². The lowest BCUT2D eigenvalue weighted by atomic mass is 10.1. The van der Waals surface area contributed by atoms with Gasteiger partial charge in [0.25, 0.3) is 5.91 Å². The molecule has 0 aromatic heterocycles. The number of hydrogen-bond donors (Lipinski definition) is 2. The van der Waals surface area contributed by atoms with Gasteiger partial charge in [-0.05, 0) is 35.9 Å². The van der Waals surface area contributed by atoms with Gasteiger partial charge in [-0.1, -0.05) is 41.9 Å². The zero-order valence-corrected chi connectivity index (χ0v) is 15.0. The van der Waals surface area contributed by atoms with Crippen molar-refractivity contribution in [3.63, 3.8) is 0 Å². The Morgan fingerprint density at radius 3 is 2.58 bits per heavy atom. The van der Waals surface area contributed by atoms with Crippen LogP contribution in [0.5, 0.6) is 0 Å². The van der Waals surface area contributed by atoms with Gasteiger partial charge < -0.3 is 10.6 Å². The van der Waals surface area contributed by atoms with Crippen LogP contribution in [0.1, 0.15) is 29.8 Å². The summed E-state index contributed by atoms with van der Waals surface area (Å²) in [5.41, 5.74) is 1.75. The first-order valence-corrected chi connectivity index (χ1v) is 8.28. The van der Waals surface area contributed by atoms with E-state index < -0.39 is 5.82 Å². The fraction of sp³-hybridized carbons (Fsp3) is 0.222. The van der Waals surface area contributed by atoms with Crippen molar-refractivity contribution in [2.45, 2.75) is 20.4 Å². The summed E-state index contributed by atoms with van der Waals surface area (Å²) in [5.74, 6) is -1.03. The SMILES string of the molecule is CC(C)C(=O)Nc1cccc(CNC(=O)c2cc(F)cc(Br)c2)c1. The fourth-order valence-corrected chi connectivity index (χ4v) is 2.48. The van der Waals surface area contributed by atoms with E-state index in [-0.39, 0.29) is 29.8 Å². The van der Waals surface area contributed by atoms with E-state index in [1.807, 2.05) is 19.9 Å². The Morgan fingerprint density at radius 1 is 1.17 bits per heavy atom. The molecule has 2 N–H and O–H groups in total. The maximum atomic E-state index is 13.3. The summed E-state index contributed by atoms with van der Waals surface area (Å²) in [6, 6.07) is 11.2. The lowest BCUT2D eigenvalue weighted by molar-refractivity contribution is -0.118. The standard InChI is InChI=1S/C18H18BrFN2O2/c1-11(2)17(23)22-16-5-3-4-12(6-16)10-21-18(24)13-7-14(19)9-15(20)8-13/h3-9,11H,10H2,1-2H3,(H,21,24)(H,22,23). The number of benzene rings is 2. The molecule has 0 aliphatic rings. The molecule has 0 aliphatic carbocycles. The number of rotatable bonds is 5. The molecule has 0 unspecified atom stereocenters. The van der Waals surface area contributed by atoms with Crippen LogP contribution in [0.3, 0.4) is 0 Å². The second-order valence-corrected chi connectivity index (χ2v) is 6.60. The minimum atomic E-state index is -0.479. The van der Waals surface area contributed by atoms with Gasteiger partial charge in [0.05, 0.1) is 0 Å². The highest BCUT2D eigenvalue weighted by molar-refractivity contribution is 9.10. The highest BCUT2D eigenvalue weighted by atomic mass is 79.9. The molecule has 0 fully saturated rings. The van der Waals surface area contributed by atoms with E-state index in [0.717, 1.165) is 5.56 Å². The van der Waals surface area contributed by atoms with E-state index in [0.29, 0.717) is 10.2 Å². The Bertz CT molecular complexity index is 742. The molecule has 6 heteroatoms. The molecule has 2 aromatic rings. The largest absolute Gasteiger partial charge is 0.348 e. The van der Waals surface area contributed by atoms with E-state index in [2.05, 4.69) is 26.6 Å². The number of carbonyl (C=O) groups excluding carboxylic acids is 2.